The second-order valence-electron chi connectivity index (χ2n) is 2.81. The van der Waals surface area contributed by atoms with Gasteiger partial charge in [-0.15, -0.1) is 0 Å². The maximum atomic E-state index is 12.5. The Morgan fingerprint density at radius 3 is 2.73 bits per heavy atom. The van der Waals surface area contributed by atoms with Gasteiger partial charge >= 0.3 is 0 Å². The molecule has 0 bridgehead atoms. The van der Waals surface area contributed by atoms with Crippen molar-refractivity contribution in [1.29, 1.82) is 0 Å². The predicted molar refractivity (Wildman–Crippen MR) is 48.4 cm³/mol. The standard InChI is InChI=1S/C8H8FN5O/c1-5-13-7(14-15-5)4-12-8-10-2-6(9)3-11-8/h2-3H,4H2,1H3,(H,10,11,12). The van der Waals surface area contributed by atoms with Crippen LogP contribution in [0.5, 0.6) is 0 Å². The molecule has 0 aliphatic rings. The van der Waals surface area contributed by atoms with E-state index in [9.17, 15) is 4.39 Å². The molecule has 2 rings (SSSR count). The molecule has 7 heteroatoms. The van der Waals surface area contributed by atoms with Crippen LogP contribution in [0.4, 0.5) is 10.3 Å². The van der Waals surface area contributed by atoms with Crippen molar-refractivity contribution in [2.24, 2.45) is 0 Å². The smallest absolute Gasteiger partial charge is 0.223 e. The molecule has 2 aromatic rings. The van der Waals surface area contributed by atoms with Crippen molar-refractivity contribution >= 4 is 5.95 Å². The molecule has 0 atom stereocenters. The zero-order valence-corrected chi connectivity index (χ0v) is 7.94. The van der Waals surface area contributed by atoms with E-state index in [0.717, 1.165) is 12.4 Å². The first-order valence-electron chi connectivity index (χ1n) is 4.24. The Bertz CT molecular complexity index is 441. The van der Waals surface area contributed by atoms with Crippen LogP contribution >= 0.6 is 0 Å². The van der Waals surface area contributed by atoms with Crippen LogP contribution in [0.25, 0.3) is 0 Å². The molecule has 0 saturated carbocycles. The van der Waals surface area contributed by atoms with Gasteiger partial charge in [0, 0.05) is 6.92 Å². The highest BCUT2D eigenvalue weighted by molar-refractivity contribution is 5.22. The summed E-state index contributed by atoms with van der Waals surface area (Å²) in [6.45, 7) is 2.04. The van der Waals surface area contributed by atoms with E-state index in [1.807, 2.05) is 0 Å². The van der Waals surface area contributed by atoms with Gasteiger partial charge in [0.05, 0.1) is 18.9 Å². The molecule has 0 aliphatic heterocycles. The maximum absolute atomic E-state index is 12.5. The van der Waals surface area contributed by atoms with Crippen LogP contribution in [0, 0.1) is 12.7 Å². The van der Waals surface area contributed by atoms with E-state index in [0.29, 0.717) is 24.2 Å². The summed E-state index contributed by atoms with van der Waals surface area (Å²) in [6.07, 6.45) is 2.16. The van der Waals surface area contributed by atoms with Crippen LogP contribution in [-0.4, -0.2) is 20.1 Å². The lowest BCUT2D eigenvalue weighted by atomic mass is 10.6. The van der Waals surface area contributed by atoms with Crippen LogP contribution in [0.1, 0.15) is 11.7 Å². The zero-order valence-electron chi connectivity index (χ0n) is 7.94. The van der Waals surface area contributed by atoms with Crippen molar-refractivity contribution in [2.45, 2.75) is 13.5 Å². The van der Waals surface area contributed by atoms with Crippen molar-refractivity contribution in [3.05, 3.63) is 29.9 Å². The number of hydrogen-bond acceptors (Lipinski definition) is 6. The Hall–Kier alpha value is -2.05. The van der Waals surface area contributed by atoms with E-state index in [-0.39, 0.29) is 0 Å². The van der Waals surface area contributed by atoms with Gasteiger partial charge in [0.25, 0.3) is 0 Å². The Balaban J connectivity index is 1.96. The Morgan fingerprint density at radius 2 is 2.13 bits per heavy atom. The number of aryl methyl sites for hydroxylation is 1. The van der Waals surface area contributed by atoms with Gasteiger partial charge in [-0.05, 0) is 0 Å². The SMILES string of the molecule is Cc1nc(CNc2ncc(F)cn2)no1. The monoisotopic (exact) mass is 209 g/mol. The van der Waals surface area contributed by atoms with Crippen molar-refractivity contribution in [1.82, 2.24) is 20.1 Å². The first kappa shape index (κ1) is 9.50. The molecule has 2 aromatic heterocycles. The lowest BCUT2D eigenvalue weighted by molar-refractivity contribution is 0.388. The largest absolute Gasteiger partial charge is 0.347 e. The summed E-state index contributed by atoms with van der Waals surface area (Å²) in [6, 6.07) is 0. The first-order valence-corrected chi connectivity index (χ1v) is 4.24. The fourth-order valence-electron chi connectivity index (χ4n) is 0.975. The highest BCUT2D eigenvalue weighted by Gasteiger charge is 2.02. The van der Waals surface area contributed by atoms with Gasteiger partial charge in [-0.25, -0.2) is 14.4 Å². The van der Waals surface area contributed by atoms with E-state index in [2.05, 4.69) is 25.4 Å². The molecule has 0 aliphatic carbocycles. The summed E-state index contributed by atoms with van der Waals surface area (Å²) in [5.74, 6) is 0.835. The summed E-state index contributed by atoms with van der Waals surface area (Å²) >= 11 is 0. The van der Waals surface area contributed by atoms with Gasteiger partial charge in [0.15, 0.2) is 11.6 Å². The molecule has 2 heterocycles. The fraction of sp³-hybridized carbons (Fsp3) is 0.250. The van der Waals surface area contributed by atoms with E-state index >= 15 is 0 Å². The Kier molecular flexibility index (Phi) is 2.53. The second kappa shape index (κ2) is 3.99. The molecule has 1 N–H and O–H groups in total. The third kappa shape index (κ3) is 2.46. The first-order chi connectivity index (χ1) is 7.24. The van der Waals surface area contributed by atoms with E-state index in [4.69, 9.17) is 4.52 Å². The lowest BCUT2D eigenvalue weighted by Gasteiger charge is -1.99. The minimum absolute atomic E-state index is 0.318. The molecule has 0 aromatic carbocycles. The average molecular weight is 209 g/mol. The molecule has 78 valence electrons. The maximum Gasteiger partial charge on any atom is 0.223 e. The second-order valence-corrected chi connectivity index (χ2v) is 2.81. The summed E-state index contributed by atoms with van der Waals surface area (Å²) in [7, 11) is 0. The molecule has 6 nitrogen and oxygen atoms in total. The van der Waals surface area contributed by atoms with Gasteiger partial charge in [-0.1, -0.05) is 5.16 Å². The van der Waals surface area contributed by atoms with Crippen LogP contribution in [-0.2, 0) is 6.54 Å². The number of rotatable bonds is 3. The third-order valence-electron chi connectivity index (χ3n) is 1.59. The van der Waals surface area contributed by atoms with Gasteiger partial charge in [-0.2, -0.15) is 4.98 Å². The van der Waals surface area contributed by atoms with Gasteiger partial charge in [-0.3, -0.25) is 0 Å². The number of hydrogen-bond donors (Lipinski definition) is 1. The molecule has 0 spiro atoms. The third-order valence-corrected chi connectivity index (χ3v) is 1.59. The molecule has 0 fully saturated rings. The van der Waals surface area contributed by atoms with Crippen LogP contribution in [0.3, 0.4) is 0 Å². The van der Waals surface area contributed by atoms with Crippen LogP contribution in [0.2, 0.25) is 0 Å². The molecule has 0 amide bonds. The number of nitrogens with zero attached hydrogens (tertiary/aromatic N) is 4. The van der Waals surface area contributed by atoms with Gasteiger partial charge < -0.3 is 9.84 Å². The van der Waals surface area contributed by atoms with Crippen molar-refractivity contribution in [3.8, 4) is 0 Å². The Labute approximate surface area is 84.6 Å². The highest BCUT2D eigenvalue weighted by atomic mass is 19.1. The Morgan fingerprint density at radius 1 is 1.40 bits per heavy atom. The van der Waals surface area contributed by atoms with Crippen molar-refractivity contribution in [2.75, 3.05) is 5.32 Å². The molecular formula is C8H8FN5O. The van der Waals surface area contributed by atoms with E-state index in [1.165, 1.54) is 0 Å². The quantitative estimate of drug-likeness (QED) is 0.809. The van der Waals surface area contributed by atoms with Gasteiger partial charge in [0.2, 0.25) is 11.8 Å². The van der Waals surface area contributed by atoms with Crippen molar-refractivity contribution in [3.63, 3.8) is 0 Å². The van der Waals surface area contributed by atoms with Gasteiger partial charge in [0.1, 0.15) is 0 Å². The number of nitrogens with one attached hydrogen (secondary N) is 1. The lowest BCUT2D eigenvalue weighted by Crippen LogP contribution is -2.04. The topological polar surface area (TPSA) is 76.7 Å². The fourth-order valence-corrected chi connectivity index (χ4v) is 0.975. The normalized spacial score (nSPS) is 10.3. The minimum Gasteiger partial charge on any atom is -0.347 e. The molecular weight excluding hydrogens is 201 g/mol. The highest BCUT2D eigenvalue weighted by Crippen LogP contribution is 2.01. The van der Waals surface area contributed by atoms with Crippen LogP contribution < -0.4 is 5.32 Å². The summed E-state index contributed by atoms with van der Waals surface area (Å²) in [5.41, 5.74) is 0. The van der Waals surface area contributed by atoms with E-state index < -0.39 is 5.82 Å². The van der Waals surface area contributed by atoms with Crippen LogP contribution in [0.15, 0.2) is 16.9 Å². The molecule has 15 heavy (non-hydrogen) atoms. The average Bonchev–Trinajstić information content (AvgIpc) is 2.64. The minimum atomic E-state index is -0.476. The van der Waals surface area contributed by atoms with E-state index in [1.54, 1.807) is 6.92 Å². The molecule has 0 unspecified atom stereocenters. The summed E-state index contributed by atoms with van der Waals surface area (Å²) in [5, 5.41) is 6.50. The number of aromatic nitrogens is 4. The van der Waals surface area contributed by atoms with Crippen molar-refractivity contribution < 1.29 is 8.91 Å². The number of halogens is 1. The zero-order chi connectivity index (χ0) is 10.7. The summed E-state index contributed by atoms with van der Waals surface area (Å²) < 4.78 is 17.2. The predicted octanol–water partition coefficient (Wildman–Crippen LogP) is 0.919. The molecule has 0 radical (unpaired) electrons. The summed E-state index contributed by atoms with van der Waals surface area (Å²) in [4.78, 5) is 11.4. The molecule has 0 saturated heterocycles. The number of anilines is 1.